The predicted octanol–water partition coefficient (Wildman–Crippen LogP) is 2.90. The third-order valence-corrected chi connectivity index (χ3v) is 2.93. The third kappa shape index (κ3) is 2.21. The van der Waals surface area contributed by atoms with E-state index in [9.17, 15) is 4.39 Å². The van der Waals surface area contributed by atoms with Crippen molar-refractivity contribution in [2.45, 2.75) is 13.5 Å². The zero-order chi connectivity index (χ0) is 14.1. The van der Waals surface area contributed by atoms with Crippen molar-refractivity contribution in [3.8, 4) is 23.0 Å². The van der Waals surface area contributed by atoms with Gasteiger partial charge in [-0.15, -0.1) is 0 Å². The van der Waals surface area contributed by atoms with Crippen LogP contribution in [0.1, 0.15) is 11.3 Å². The average Bonchev–Trinajstić information content (AvgIpc) is 3.09. The summed E-state index contributed by atoms with van der Waals surface area (Å²) in [6, 6.07) is 8.22. The van der Waals surface area contributed by atoms with Crippen molar-refractivity contribution in [3.63, 3.8) is 0 Å². The molecule has 3 aromatic rings. The van der Waals surface area contributed by atoms with Gasteiger partial charge in [-0.05, 0) is 30.7 Å². The molecule has 2 aromatic heterocycles. The summed E-state index contributed by atoms with van der Waals surface area (Å²) in [5, 5.41) is 3.82. The van der Waals surface area contributed by atoms with E-state index < -0.39 is 0 Å². The minimum absolute atomic E-state index is 0.237. The fourth-order valence-corrected chi connectivity index (χ4v) is 1.78. The van der Waals surface area contributed by atoms with Crippen LogP contribution in [-0.4, -0.2) is 10.1 Å². The first kappa shape index (κ1) is 12.6. The van der Waals surface area contributed by atoms with Crippen LogP contribution in [0.3, 0.4) is 0 Å². The molecule has 0 aliphatic heterocycles. The van der Waals surface area contributed by atoms with Crippen LogP contribution in [0.4, 0.5) is 4.39 Å². The molecule has 0 bridgehead atoms. The minimum atomic E-state index is -0.308. The van der Waals surface area contributed by atoms with Crippen LogP contribution in [0.25, 0.3) is 23.0 Å². The van der Waals surface area contributed by atoms with E-state index in [0.717, 1.165) is 0 Å². The number of aryl methyl sites for hydroxylation is 1. The van der Waals surface area contributed by atoms with E-state index in [1.807, 2.05) is 0 Å². The molecule has 1 aromatic carbocycles. The van der Waals surface area contributed by atoms with Crippen LogP contribution in [0, 0.1) is 12.7 Å². The number of hydrogen-bond acceptors (Lipinski definition) is 5. The van der Waals surface area contributed by atoms with E-state index in [2.05, 4.69) is 10.1 Å². The van der Waals surface area contributed by atoms with Crippen molar-refractivity contribution in [2.24, 2.45) is 5.73 Å². The topological polar surface area (TPSA) is 78.1 Å². The highest BCUT2D eigenvalue weighted by molar-refractivity contribution is 5.58. The zero-order valence-corrected chi connectivity index (χ0v) is 10.8. The molecular weight excluding hydrogens is 261 g/mol. The summed E-state index contributed by atoms with van der Waals surface area (Å²) in [5.41, 5.74) is 6.58. The summed E-state index contributed by atoms with van der Waals surface area (Å²) in [4.78, 5) is 4.19. The Morgan fingerprint density at radius 3 is 2.80 bits per heavy atom. The van der Waals surface area contributed by atoms with Crippen molar-refractivity contribution < 1.29 is 13.3 Å². The predicted molar refractivity (Wildman–Crippen MR) is 70.0 cm³/mol. The monoisotopic (exact) mass is 273 g/mol. The molecule has 0 amide bonds. The number of aromatic nitrogens is 2. The number of nitrogens with two attached hydrogens (primary N) is 1. The van der Waals surface area contributed by atoms with Crippen LogP contribution in [0.5, 0.6) is 0 Å². The first-order valence-corrected chi connectivity index (χ1v) is 6.07. The maximum atomic E-state index is 13.5. The number of halogens is 1. The molecule has 20 heavy (non-hydrogen) atoms. The van der Waals surface area contributed by atoms with E-state index in [1.54, 1.807) is 31.2 Å². The summed E-state index contributed by atoms with van der Waals surface area (Å²) in [6.07, 6.45) is 0. The van der Waals surface area contributed by atoms with Gasteiger partial charge in [0.05, 0.1) is 6.54 Å². The van der Waals surface area contributed by atoms with Crippen molar-refractivity contribution in [3.05, 3.63) is 47.5 Å². The second-order valence-electron chi connectivity index (χ2n) is 4.36. The Bertz CT molecular complexity index is 748. The van der Waals surface area contributed by atoms with Gasteiger partial charge in [-0.1, -0.05) is 17.3 Å². The summed E-state index contributed by atoms with van der Waals surface area (Å²) in [7, 11) is 0. The van der Waals surface area contributed by atoms with Gasteiger partial charge in [-0.25, -0.2) is 4.39 Å². The molecule has 2 heterocycles. The molecule has 2 N–H and O–H groups in total. The molecule has 0 aliphatic rings. The molecule has 5 nitrogen and oxygen atoms in total. The standard InChI is InChI=1S/C14H12FN3O2/c1-8-2-3-9(6-11(8)15)13-17-14(20-18-13)12-5-4-10(7-16)19-12/h2-6H,7,16H2,1H3. The van der Waals surface area contributed by atoms with E-state index >= 15 is 0 Å². The van der Waals surface area contributed by atoms with E-state index in [0.29, 0.717) is 35.0 Å². The SMILES string of the molecule is Cc1ccc(-c2noc(-c3ccc(CN)o3)n2)cc1F. The summed E-state index contributed by atoms with van der Waals surface area (Å²) >= 11 is 0. The quantitative estimate of drug-likeness (QED) is 0.793. The lowest BCUT2D eigenvalue weighted by Crippen LogP contribution is -1.92. The van der Waals surface area contributed by atoms with Gasteiger partial charge < -0.3 is 14.7 Å². The Morgan fingerprint density at radius 1 is 1.25 bits per heavy atom. The second kappa shape index (κ2) is 4.90. The highest BCUT2D eigenvalue weighted by Crippen LogP contribution is 2.24. The van der Waals surface area contributed by atoms with Crippen molar-refractivity contribution >= 4 is 0 Å². The van der Waals surface area contributed by atoms with Crippen molar-refractivity contribution in [2.75, 3.05) is 0 Å². The van der Waals surface area contributed by atoms with Crippen molar-refractivity contribution in [1.29, 1.82) is 0 Å². The van der Waals surface area contributed by atoms with Gasteiger partial charge in [0, 0.05) is 5.56 Å². The highest BCUT2D eigenvalue weighted by atomic mass is 19.1. The molecule has 0 saturated heterocycles. The van der Waals surface area contributed by atoms with Gasteiger partial charge in [0.25, 0.3) is 5.89 Å². The van der Waals surface area contributed by atoms with Crippen molar-refractivity contribution in [1.82, 2.24) is 10.1 Å². The molecular formula is C14H12FN3O2. The van der Waals surface area contributed by atoms with Gasteiger partial charge in [0.15, 0.2) is 5.76 Å². The van der Waals surface area contributed by atoms with Crippen LogP contribution in [-0.2, 0) is 6.54 Å². The van der Waals surface area contributed by atoms with Gasteiger partial charge >= 0.3 is 0 Å². The van der Waals surface area contributed by atoms with E-state index in [4.69, 9.17) is 14.7 Å². The zero-order valence-electron chi connectivity index (χ0n) is 10.8. The lowest BCUT2D eigenvalue weighted by Gasteiger charge is -1.97. The number of rotatable bonds is 3. The minimum Gasteiger partial charge on any atom is -0.455 e. The first-order chi connectivity index (χ1) is 9.67. The molecule has 0 atom stereocenters. The molecule has 0 aliphatic carbocycles. The molecule has 0 saturated carbocycles. The fourth-order valence-electron chi connectivity index (χ4n) is 1.78. The van der Waals surface area contributed by atoms with E-state index in [1.165, 1.54) is 6.07 Å². The highest BCUT2D eigenvalue weighted by Gasteiger charge is 2.14. The van der Waals surface area contributed by atoms with Gasteiger partial charge in [-0.2, -0.15) is 4.98 Å². The van der Waals surface area contributed by atoms with Crippen LogP contribution in [0.2, 0.25) is 0 Å². The fraction of sp³-hybridized carbons (Fsp3) is 0.143. The molecule has 0 fully saturated rings. The van der Waals surface area contributed by atoms with E-state index in [-0.39, 0.29) is 11.7 Å². The number of furan rings is 1. The maximum Gasteiger partial charge on any atom is 0.293 e. The summed E-state index contributed by atoms with van der Waals surface area (Å²) in [6.45, 7) is 1.99. The lowest BCUT2D eigenvalue weighted by atomic mass is 10.1. The van der Waals surface area contributed by atoms with Crippen LogP contribution < -0.4 is 5.73 Å². The van der Waals surface area contributed by atoms with Gasteiger partial charge in [-0.3, -0.25) is 0 Å². The Labute approximate surface area is 114 Å². The molecule has 0 radical (unpaired) electrons. The summed E-state index contributed by atoms with van der Waals surface area (Å²) < 4.78 is 24.1. The first-order valence-electron chi connectivity index (χ1n) is 6.07. The lowest BCUT2D eigenvalue weighted by molar-refractivity contribution is 0.412. The smallest absolute Gasteiger partial charge is 0.293 e. The Morgan fingerprint density at radius 2 is 2.10 bits per heavy atom. The second-order valence-corrected chi connectivity index (χ2v) is 4.36. The molecule has 0 unspecified atom stereocenters. The molecule has 102 valence electrons. The maximum absolute atomic E-state index is 13.5. The Hall–Kier alpha value is -2.47. The molecule has 6 heteroatoms. The molecule has 0 spiro atoms. The van der Waals surface area contributed by atoms with Crippen LogP contribution in [0.15, 0.2) is 39.3 Å². The molecule has 3 rings (SSSR count). The summed E-state index contributed by atoms with van der Waals surface area (Å²) in [5.74, 6) is 1.31. The van der Waals surface area contributed by atoms with Gasteiger partial charge in [0.1, 0.15) is 11.6 Å². The Balaban J connectivity index is 1.95. The Kier molecular flexibility index (Phi) is 3.08. The van der Waals surface area contributed by atoms with Crippen LogP contribution >= 0.6 is 0 Å². The number of hydrogen-bond donors (Lipinski definition) is 1. The van der Waals surface area contributed by atoms with Gasteiger partial charge in [0.2, 0.25) is 5.82 Å². The normalized spacial score (nSPS) is 10.9. The largest absolute Gasteiger partial charge is 0.455 e. The average molecular weight is 273 g/mol. The number of benzene rings is 1. The third-order valence-electron chi connectivity index (χ3n) is 2.93. The number of nitrogens with zero attached hydrogens (tertiary/aromatic N) is 2.